The van der Waals surface area contributed by atoms with Crippen molar-refractivity contribution in [2.75, 3.05) is 6.61 Å². The summed E-state index contributed by atoms with van der Waals surface area (Å²) in [6.45, 7) is 4.55. The summed E-state index contributed by atoms with van der Waals surface area (Å²) in [5.41, 5.74) is 0. The molecule has 0 radical (unpaired) electrons. The Kier molecular flexibility index (Phi) is 3.30. The third-order valence-corrected chi connectivity index (χ3v) is 2.13. The number of rotatable bonds is 4. The van der Waals surface area contributed by atoms with Gasteiger partial charge in [0.1, 0.15) is 6.29 Å². The molecule has 1 heterocycles. The summed E-state index contributed by atoms with van der Waals surface area (Å²) in [5.74, 6) is 0.468. The number of hydrogen-bond acceptors (Lipinski definition) is 2. The maximum absolute atomic E-state index is 10.1. The monoisotopic (exact) mass is 154 g/mol. The second kappa shape index (κ2) is 4.29. The molecule has 0 amide bonds. The average molecular weight is 154 g/mol. The van der Waals surface area contributed by atoms with Gasteiger partial charge >= 0.3 is 0 Å². The molecule has 62 valence electrons. The van der Waals surface area contributed by atoms with Crippen molar-refractivity contribution in [1.29, 1.82) is 0 Å². The predicted molar refractivity (Wildman–Crippen MR) is 43.3 cm³/mol. The van der Waals surface area contributed by atoms with E-state index in [4.69, 9.17) is 4.74 Å². The molecule has 0 aromatic rings. The molecule has 2 atom stereocenters. The Morgan fingerprint density at radius 2 is 2.45 bits per heavy atom. The van der Waals surface area contributed by atoms with Gasteiger partial charge in [-0.25, -0.2) is 0 Å². The molecule has 1 fully saturated rings. The van der Waals surface area contributed by atoms with Gasteiger partial charge < -0.3 is 9.53 Å². The molecule has 0 spiro atoms. The fraction of sp³-hybridized carbons (Fsp3) is 0.667. The molecule has 0 aliphatic carbocycles. The predicted octanol–water partition coefficient (Wildman–Crippen LogP) is 1.56. The molecule has 2 nitrogen and oxygen atoms in total. The van der Waals surface area contributed by atoms with Crippen molar-refractivity contribution in [1.82, 2.24) is 0 Å². The average Bonchev–Trinajstić information content (AvgIpc) is 2.47. The summed E-state index contributed by atoms with van der Waals surface area (Å²) in [6, 6.07) is 0. The van der Waals surface area contributed by atoms with Gasteiger partial charge in [0.05, 0.1) is 6.10 Å². The summed E-state index contributed by atoms with van der Waals surface area (Å²) in [4.78, 5) is 10.1. The second-order valence-electron chi connectivity index (χ2n) is 2.84. The van der Waals surface area contributed by atoms with E-state index in [-0.39, 0.29) is 6.10 Å². The molecule has 1 saturated heterocycles. The van der Waals surface area contributed by atoms with Crippen molar-refractivity contribution in [3.05, 3.63) is 12.7 Å². The maximum Gasteiger partial charge on any atom is 0.120 e. The van der Waals surface area contributed by atoms with Gasteiger partial charge in [0.15, 0.2) is 0 Å². The molecule has 0 saturated carbocycles. The molecule has 0 aromatic heterocycles. The van der Waals surface area contributed by atoms with Crippen LogP contribution in [0.2, 0.25) is 0 Å². The molecular formula is C9H14O2. The molecule has 0 bridgehead atoms. The van der Waals surface area contributed by atoms with Crippen LogP contribution in [0.15, 0.2) is 12.7 Å². The lowest BCUT2D eigenvalue weighted by molar-refractivity contribution is -0.108. The summed E-state index contributed by atoms with van der Waals surface area (Å²) in [6.07, 6.45) is 5.64. The number of ether oxygens (including phenoxy) is 1. The van der Waals surface area contributed by atoms with E-state index in [1.807, 2.05) is 6.08 Å². The van der Waals surface area contributed by atoms with E-state index in [1.54, 1.807) is 0 Å². The van der Waals surface area contributed by atoms with E-state index >= 15 is 0 Å². The molecule has 1 rings (SSSR count). The van der Waals surface area contributed by atoms with Crippen LogP contribution in [0.3, 0.4) is 0 Å². The van der Waals surface area contributed by atoms with E-state index in [1.165, 1.54) is 0 Å². The minimum Gasteiger partial charge on any atom is -0.378 e. The van der Waals surface area contributed by atoms with Gasteiger partial charge in [-0.15, -0.1) is 6.58 Å². The molecular weight excluding hydrogens is 140 g/mol. The van der Waals surface area contributed by atoms with Gasteiger partial charge in [-0.1, -0.05) is 6.08 Å². The Bertz CT molecular complexity index is 142. The first-order chi connectivity index (χ1) is 5.38. The van der Waals surface area contributed by atoms with Crippen LogP contribution in [0, 0.1) is 5.92 Å². The van der Waals surface area contributed by atoms with Crippen molar-refractivity contribution in [2.45, 2.75) is 25.4 Å². The SMILES string of the molecule is C=C[C@@H]1CCO[C@@H]1CCC=O. The van der Waals surface area contributed by atoms with Crippen LogP contribution in [0.4, 0.5) is 0 Å². The lowest BCUT2D eigenvalue weighted by Gasteiger charge is -2.12. The normalized spacial score (nSPS) is 30.2. The second-order valence-corrected chi connectivity index (χ2v) is 2.84. The molecule has 1 aliphatic rings. The summed E-state index contributed by atoms with van der Waals surface area (Å²) in [7, 11) is 0. The Morgan fingerprint density at radius 3 is 3.09 bits per heavy atom. The molecule has 2 heteroatoms. The van der Waals surface area contributed by atoms with Crippen molar-refractivity contribution < 1.29 is 9.53 Å². The van der Waals surface area contributed by atoms with Gasteiger partial charge in [0.2, 0.25) is 0 Å². The first-order valence-electron chi connectivity index (χ1n) is 4.06. The maximum atomic E-state index is 10.1. The van der Waals surface area contributed by atoms with Crippen molar-refractivity contribution in [3.63, 3.8) is 0 Å². The number of carbonyl (C=O) groups is 1. The third kappa shape index (κ3) is 2.15. The third-order valence-electron chi connectivity index (χ3n) is 2.13. The fourth-order valence-corrected chi connectivity index (χ4v) is 1.46. The lowest BCUT2D eigenvalue weighted by Crippen LogP contribution is -2.13. The highest BCUT2D eigenvalue weighted by Crippen LogP contribution is 2.24. The first kappa shape index (κ1) is 8.47. The molecule has 0 aromatic carbocycles. The van der Waals surface area contributed by atoms with Crippen LogP contribution in [0.1, 0.15) is 19.3 Å². The summed E-state index contributed by atoms with van der Waals surface area (Å²) < 4.78 is 5.43. The van der Waals surface area contributed by atoms with Gasteiger partial charge in [0, 0.05) is 18.9 Å². The zero-order valence-electron chi connectivity index (χ0n) is 6.66. The highest BCUT2D eigenvalue weighted by Gasteiger charge is 2.24. The van der Waals surface area contributed by atoms with Gasteiger partial charge in [-0.05, 0) is 12.8 Å². The minimum atomic E-state index is 0.248. The highest BCUT2D eigenvalue weighted by atomic mass is 16.5. The molecule has 0 N–H and O–H groups in total. The van der Waals surface area contributed by atoms with E-state index < -0.39 is 0 Å². The Balaban J connectivity index is 2.30. The Morgan fingerprint density at radius 1 is 1.64 bits per heavy atom. The number of hydrogen-bond donors (Lipinski definition) is 0. The van der Waals surface area contributed by atoms with Crippen LogP contribution in [-0.2, 0) is 9.53 Å². The van der Waals surface area contributed by atoms with Crippen LogP contribution < -0.4 is 0 Å². The summed E-state index contributed by atoms with van der Waals surface area (Å²) in [5, 5.41) is 0. The van der Waals surface area contributed by atoms with Gasteiger partial charge in [0.25, 0.3) is 0 Å². The topological polar surface area (TPSA) is 26.3 Å². The smallest absolute Gasteiger partial charge is 0.120 e. The standard InChI is InChI=1S/C9H14O2/c1-2-8-5-7-11-9(8)4-3-6-10/h2,6,8-9H,1,3-5,7H2/t8-,9-/m1/s1. The van der Waals surface area contributed by atoms with E-state index in [0.29, 0.717) is 12.3 Å². The molecule has 1 aliphatic heterocycles. The summed E-state index contributed by atoms with van der Waals surface area (Å²) >= 11 is 0. The Hall–Kier alpha value is -0.630. The van der Waals surface area contributed by atoms with Crippen LogP contribution >= 0.6 is 0 Å². The molecule has 11 heavy (non-hydrogen) atoms. The zero-order chi connectivity index (χ0) is 8.10. The molecule has 0 unspecified atom stereocenters. The van der Waals surface area contributed by atoms with Crippen molar-refractivity contribution in [3.8, 4) is 0 Å². The van der Waals surface area contributed by atoms with Crippen LogP contribution in [-0.4, -0.2) is 19.0 Å². The van der Waals surface area contributed by atoms with Gasteiger partial charge in [-0.2, -0.15) is 0 Å². The number of aldehydes is 1. The van der Waals surface area contributed by atoms with E-state index in [0.717, 1.165) is 25.7 Å². The zero-order valence-corrected chi connectivity index (χ0v) is 6.66. The minimum absolute atomic E-state index is 0.248. The van der Waals surface area contributed by atoms with E-state index in [9.17, 15) is 4.79 Å². The highest BCUT2D eigenvalue weighted by molar-refractivity contribution is 5.49. The lowest BCUT2D eigenvalue weighted by atomic mass is 9.98. The van der Waals surface area contributed by atoms with Gasteiger partial charge in [-0.3, -0.25) is 0 Å². The van der Waals surface area contributed by atoms with Crippen LogP contribution in [0.5, 0.6) is 0 Å². The quantitative estimate of drug-likeness (QED) is 0.453. The first-order valence-corrected chi connectivity index (χ1v) is 4.06. The van der Waals surface area contributed by atoms with E-state index in [2.05, 4.69) is 6.58 Å². The van der Waals surface area contributed by atoms with Crippen LogP contribution in [0.25, 0.3) is 0 Å². The fourth-order valence-electron chi connectivity index (χ4n) is 1.46. The largest absolute Gasteiger partial charge is 0.378 e. The number of carbonyl (C=O) groups excluding carboxylic acids is 1. The Labute approximate surface area is 67.2 Å². The van der Waals surface area contributed by atoms with Crippen molar-refractivity contribution >= 4 is 6.29 Å². The van der Waals surface area contributed by atoms with Crippen molar-refractivity contribution in [2.24, 2.45) is 5.92 Å².